The van der Waals surface area contributed by atoms with E-state index in [2.05, 4.69) is 10.4 Å². The van der Waals surface area contributed by atoms with Crippen LogP contribution in [-0.2, 0) is 11.3 Å². The maximum atomic E-state index is 13.1. The Labute approximate surface area is 172 Å². The molecule has 2 aromatic rings. The van der Waals surface area contributed by atoms with E-state index in [0.29, 0.717) is 17.4 Å². The van der Waals surface area contributed by atoms with Gasteiger partial charge >= 0.3 is 0 Å². The van der Waals surface area contributed by atoms with E-state index in [1.807, 2.05) is 43.7 Å². The zero-order valence-electron chi connectivity index (χ0n) is 17.8. The van der Waals surface area contributed by atoms with E-state index in [1.54, 1.807) is 7.11 Å². The number of rotatable bonds is 6. The molecule has 0 aliphatic heterocycles. The summed E-state index contributed by atoms with van der Waals surface area (Å²) < 4.78 is 7.27. The Morgan fingerprint density at radius 2 is 1.97 bits per heavy atom. The van der Waals surface area contributed by atoms with Crippen molar-refractivity contribution in [3.05, 3.63) is 23.9 Å². The summed E-state index contributed by atoms with van der Waals surface area (Å²) in [4.78, 5) is 25.0. The Morgan fingerprint density at radius 1 is 1.28 bits per heavy atom. The van der Waals surface area contributed by atoms with Crippen molar-refractivity contribution in [2.75, 3.05) is 7.11 Å². The van der Waals surface area contributed by atoms with Gasteiger partial charge in [0.2, 0.25) is 5.91 Å². The zero-order valence-corrected chi connectivity index (χ0v) is 17.8. The molecular formula is C22H32N4O3. The van der Waals surface area contributed by atoms with Gasteiger partial charge in [0.1, 0.15) is 11.8 Å². The molecule has 0 spiro atoms. The first-order chi connectivity index (χ1) is 13.7. The number of ether oxygens (including phenoxy) is 1. The van der Waals surface area contributed by atoms with Crippen LogP contribution in [0.25, 0.3) is 10.9 Å². The number of aromatic nitrogens is 2. The molecule has 1 aliphatic rings. The van der Waals surface area contributed by atoms with E-state index in [4.69, 9.17) is 10.5 Å². The lowest BCUT2D eigenvalue weighted by Crippen LogP contribution is -2.52. The standard InChI is InChI=1S/C22H32N4O3/c1-22(2,3)19(20(23)27)24-21(28)18-16-12-15(29-4)10-11-17(16)26(25-18)13-14-8-6-5-7-9-14/h10-12,14,19H,5-9,13H2,1-4H3,(H2,23,27)(H,24,28). The van der Waals surface area contributed by atoms with Crippen molar-refractivity contribution in [1.82, 2.24) is 15.1 Å². The summed E-state index contributed by atoms with van der Waals surface area (Å²) >= 11 is 0. The molecule has 2 amide bonds. The SMILES string of the molecule is COc1ccc2c(c1)c(C(=O)NC(C(N)=O)C(C)(C)C)nn2CC1CCCCC1. The van der Waals surface area contributed by atoms with Gasteiger partial charge in [-0.2, -0.15) is 5.10 Å². The van der Waals surface area contributed by atoms with Crippen LogP contribution in [-0.4, -0.2) is 34.7 Å². The highest BCUT2D eigenvalue weighted by Gasteiger charge is 2.32. The number of benzene rings is 1. The van der Waals surface area contributed by atoms with Crippen LogP contribution in [0.5, 0.6) is 5.75 Å². The summed E-state index contributed by atoms with van der Waals surface area (Å²) in [5.41, 5.74) is 6.23. The fourth-order valence-corrected chi connectivity index (χ4v) is 4.12. The van der Waals surface area contributed by atoms with Crippen LogP contribution in [0.3, 0.4) is 0 Å². The molecular weight excluding hydrogens is 368 g/mol. The molecule has 1 aliphatic carbocycles. The first-order valence-corrected chi connectivity index (χ1v) is 10.4. The third-order valence-electron chi connectivity index (χ3n) is 5.75. The van der Waals surface area contributed by atoms with Gasteiger partial charge in [0.25, 0.3) is 5.91 Å². The Morgan fingerprint density at radius 3 is 2.55 bits per heavy atom. The lowest BCUT2D eigenvalue weighted by molar-refractivity contribution is -0.122. The van der Waals surface area contributed by atoms with Crippen LogP contribution in [0.4, 0.5) is 0 Å². The lowest BCUT2D eigenvalue weighted by Gasteiger charge is -2.28. The van der Waals surface area contributed by atoms with E-state index < -0.39 is 23.3 Å². The van der Waals surface area contributed by atoms with E-state index in [0.717, 1.165) is 17.4 Å². The van der Waals surface area contributed by atoms with Crippen LogP contribution in [0, 0.1) is 11.3 Å². The molecule has 1 unspecified atom stereocenters. The van der Waals surface area contributed by atoms with Crippen molar-refractivity contribution < 1.29 is 14.3 Å². The summed E-state index contributed by atoms with van der Waals surface area (Å²) in [5.74, 6) is 0.266. The second-order valence-corrected chi connectivity index (χ2v) is 9.09. The number of carbonyl (C=O) groups is 2. The number of carbonyl (C=O) groups excluding carboxylic acids is 2. The largest absolute Gasteiger partial charge is 0.497 e. The summed E-state index contributed by atoms with van der Waals surface area (Å²) in [6, 6.07) is 4.85. The van der Waals surface area contributed by atoms with Crippen molar-refractivity contribution in [1.29, 1.82) is 0 Å². The normalized spacial score (nSPS) is 16.6. The topological polar surface area (TPSA) is 99.2 Å². The molecule has 0 bridgehead atoms. The Balaban J connectivity index is 1.97. The quantitative estimate of drug-likeness (QED) is 0.777. The summed E-state index contributed by atoms with van der Waals surface area (Å²) in [7, 11) is 1.59. The molecule has 7 nitrogen and oxygen atoms in total. The van der Waals surface area contributed by atoms with Gasteiger partial charge in [0, 0.05) is 11.9 Å². The molecule has 0 saturated heterocycles. The average Bonchev–Trinajstić information content (AvgIpc) is 3.03. The highest BCUT2D eigenvalue weighted by Crippen LogP contribution is 2.29. The molecule has 29 heavy (non-hydrogen) atoms. The minimum atomic E-state index is -0.792. The Bertz CT molecular complexity index is 891. The second-order valence-electron chi connectivity index (χ2n) is 9.09. The maximum Gasteiger partial charge on any atom is 0.273 e. The fourth-order valence-electron chi connectivity index (χ4n) is 4.12. The van der Waals surface area contributed by atoms with Crippen molar-refractivity contribution in [2.24, 2.45) is 17.1 Å². The number of nitrogens with zero attached hydrogens (tertiary/aromatic N) is 2. The molecule has 3 rings (SSSR count). The van der Waals surface area contributed by atoms with Crippen LogP contribution in [0.1, 0.15) is 63.4 Å². The average molecular weight is 401 g/mol. The molecule has 1 aromatic carbocycles. The highest BCUT2D eigenvalue weighted by atomic mass is 16.5. The van der Waals surface area contributed by atoms with Gasteiger partial charge in [-0.1, -0.05) is 40.0 Å². The van der Waals surface area contributed by atoms with Gasteiger partial charge in [-0.15, -0.1) is 0 Å². The summed E-state index contributed by atoms with van der Waals surface area (Å²) in [6.45, 7) is 6.39. The molecule has 1 aromatic heterocycles. The number of nitrogens with two attached hydrogens (primary N) is 1. The number of fused-ring (bicyclic) bond motifs is 1. The Kier molecular flexibility index (Phi) is 6.15. The van der Waals surface area contributed by atoms with Gasteiger partial charge < -0.3 is 15.8 Å². The molecule has 1 saturated carbocycles. The molecule has 3 N–H and O–H groups in total. The van der Waals surface area contributed by atoms with Gasteiger partial charge in [-0.05, 0) is 42.4 Å². The number of methoxy groups -OCH3 is 1. The fraction of sp³-hybridized carbons (Fsp3) is 0.591. The van der Waals surface area contributed by atoms with Gasteiger partial charge in [0.15, 0.2) is 5.69 Å². The smallest absolute Gasteiger partial charge is 0.273 e. The highest BCUT2D eigenvalue weighted by molar-refractivity contribution is 6.06. The molecule has 158 valence electrons. The third-order valence-corrected chi connectivity index (χ3v) is 5.75. The van der Waals surface area contributed by atoms with Crippen molar-refractivity contribution in [3.8, 4) is 5.75 Å². The third kappa shape index (κ3) is 4.71. The maximum absolute atomic E-state index is 13.1. The second kappa shape index (κ2) is 8.43. The Hall–Kier alpha value is -2.57. The summed E-state index contributed by atoms with van der Waals surface area (Å²) in [6.07, 6.45) is 6.16. The molecule has 0 radical (unpaired) electrons. The van der Waals surface area contributed by atoms with Crippen LogP contribution >= 0.6 is 0 Å². The predicted octanol–water partition coefficient (Wildman–Crippen LogP) is 3.26. The van der Waals surface area contributed by atoms with Crippen molar-refractivity contribution in [3.63, 3.8) is 0 Å². The van der Waals surface area contributed by atoms with E-state index >= 15 is 0 Å². The number of primary amides is 1. The first-order valence-electron chi connectivity index (χ1n) is 10.4. The van der Waals surface area contributed by atoms with E-state index in [9.17, 15) is 9.59 Å². The van der Waals surface area contributed by atoms with Crippen LogP contribution in [0.15, 0.2) is 18.2 Å². The minimum absolute atomic E-state index is 0.296. The number of nitrogens with one attached hydrogen (secondary N) is 1. The van der Waals surface area contributed by atoms with Gasteiger partial charge in [0.05, 0.1) is 12.6 Å². The van der Waals surface area contributed by atoms with E-state index in [-0.39, 0.29) is 0 Å². The van der Waals surface area contributed by atoms with Gasteiger partial charge in [-0.25, -0.2) is 0 Å². The lowest BCUT2D eigenvalue weighted by atomic mass is 9.86. The zero-order chi connectivity index (χ0) is 21.2. The molecule has 1 heterocycles. The summed E-state index contributed by atoms with van der Waals surface area (Å²) in [5, 5.41) is 8.16. The number of amides is 2. The molecule has 1 atom stereocenters. The predicted molar refractivity (Wildman–Crippen MR) is 113 cm³/mol. The first kappa shape index (κ1) is 21.1. The van der Waals surface area contributed by atoms with E-state index in [1.165, 1.54) is 32.1 Å². The van der Waals surface area contributed by atoms with Crippen LogP contribution in [0.2, 0.25) is 0 Å². The number of hydrogen-bond donors (Lipinski definition) is 2. The monoisotopic (exact) mass is 400 g/mol. The van der Waals surface area contributed by atoms with Crippen LogP contribution < -0.4 is 15.8 Å². The van der Waals surface area contributed by atoms with Gasteiger partial charge in [-0.3, -0.25) is 14.3 Å². The van der Waals surface area contributed by atoms with Crippen molar-refractivity contribution in [2.45, 2.75) is 65.5 Å². The molecule has 7 heteroatoms. The number of hydrogen-bond acceptors (Lipinski definition) is 4. The van der Waals surface area contributed by atoms with Crippen molar-refractivity contribution >= 4 is 22.7 Å². The molecule has 1 fully saturated rings. The minimum Gasteiger partial charge on any atom is -0.497 e.